The molecular weight excluding hydrogens is 536 g/mol. The van der Waals surface area contributed by atoms with Gasteiger partial charge in [-0.25, -0.2) is 4.57 Å². The van der Waals surface area contributed by atoms with Gasteiger partial charge >= 0.3 is 0 Å². The van der Waals surface area contributed by atoms with Gasteiger partial charge in [-0.15, -0.1) is 6.42 Å². The largest absolute Gasteiger partial charge is 0.488 e. The zero-order chi connectivity index (χ0) is 30.1. The number of hydrogen-bond donors (Lipinski definition) is 0. The lowest BCUT2D eigenvalue weighted by Gasteiger charge is -2.43. The van der Waals surface area contributed by atoms with E-state index in [0.29, 0.717) is 17.8 Å². The minimum atomic E-state index is -0.142. The van der Waals surface area contributed by atoms with Crippen LogP contribution in [0.5, 0.6) is 0 Å². The molecule has 0 fully saturated rings. The number of pyridine rings is 1. The van der Waals surface area contributed by atoms with E-state index in [4.69, 9.17) is 16.2 Å². The van der Waals surface area contributed by atoms with E-state index in [0.717, 1.165) is 43.4 Å². The third-order valence-electron chi connectivity index (χ3n) is 10.8. The zero-order valence-electron chi connectivity index (χ0n) is 26.3. The summed E-state index contributed by atoms with van der Waals surface area (Å²) in [5.41, 5.74) is 14.4. The maximum Gasteiger partial charge on any atom is 0.212 e. The summed E-state index contributed by atoms with van der Waals surface area (Å²) in [7, 11) is 2.19. The fourth-order valence-electron chi connectivity index (χ4n) is 8.70. The van der Waals surface area contributed by atoms with Crippen molar-refractivity contribution in [3.8, 4) is 12.3 Å². The average Bonchev–Trinajstić information content (AvgIpc) is 3.39. The first-order valence-corrected chi connectivity index (χ1v) is 16.6. The smallest absolute Gasteiger partial charge is 0.212 e. The fourth-order valence-corrected chi connectivity index (χ4v) is 8.70. The Morgan fingerprint density at radius 3 is 2.80 bits per heavy atom. The highest BCUT2D eigenvalue weighted by Gasteiger charge is 2.49. The van der Waals surface area contributed by atoms with Crippen LogP contribution in [-0.4, -0.2) is 17.9 Å². The number of aryl methyl sites for hydroxylation is 1. The normalized spacial score (nSPS) is 30.8. The van der Waals surface area contributed by atoms with E-state index in [9.17, 15) is 0 Å². The molecule has 7 aliphatic rings. The van der Waals surface area contributed by atoms with Gasteiger partial charge in [0.05, 0.1) is 23.1 Å². The predicted molar refractivity (Wildman–Crippen MR) is 179 cm³/mol. The molecule has 220 valence electrons. The molecular formula is C41H41N2O+. The Morgan fingerprint density at radius 1 is 1.11 bits per heavy atom. The highest BCUT2D eigenvalue weighted by atomic mass is 16.5. The summed E-state index contributed by atoms with van der Waals surface area (Å²) in [6.07, 6.45) is 36.8. The number of rotatable bonds is 5. The summed E-state index contributed by atoms with van der Waals surface area (Å²) in [5, 5.41) is 0. The monoisotopic (exact) mass is 577 g/mol. The number of fused-ring (bicyclic) bond motifs is 6. The molecule has 0 saturated carbocycles. The lowest BCUT2D eigenvalue weighted by Crippen LogP contribution is -2.41. The quantitative estimate of drug-likeness (QED) is 0.256. The molecule has 3 nitrogen and oxygen atoms in total. The average molecular weight is 578 g/mol. The van der Waals surface area contributed by atoms with Gasteiger partial charge in [-0.1, -0.05) is 86.1 Å². The van der Waals surface area contributed by atoms with Gasteiger partial charge in [0.25, 0.3) is 0 Å². The maximum atomic E-state index is 6.98. The molecule has 0 spiro atoms. The van der Waals surface area contributed by atoms with Crippen molar-refractivity contribution in [1.82, 2.24) is 0 Å². The molecule has 2 aliphatic heterocycles. The van der Waals surface area contributed by atoms with E-state index in [-0.39, 0.29) is 18.1 Å². The lowest BCUT2D eigenvalue weighted by atomic mass is 9.64. The summed E-state index contributed by atoms with van der Waals surface area (Å²) < 4.78 is 9.30. The van der Waals surface area contributed by atoms with E-state index in [2.05, 4.69) is 111 Å². The van der Waals surface area contributed by atoms with Gasteiger partial charge in [0.1, 0.15) is 18.9 Å². The van der Waals surface area contributed by atoms with E-state index < -0.39 is 0 Å². The molecule has 0 N–H and O–H groups in total. The van der Waals surface area contributed by atoms with Crippen LogP contribution in [0.2, 0.25) is 0 Å². The standard InChI is InChI=1S/C41H41N2O/c1-6-13-37-27(7-2)38-24(4)20-32(33-21-35-39(33)30-17-12-11-16-29(30)34(8-3)42-35)40(41(38)44-37)36-22-31-26(23-43(36)5)19-18-25-14-9-10-15-28(25)31/h2,9-10,12,14-15,17-23,25,28,35,38-39,41H,6,8,11,13,16H2,1,3-5H3/q+1. The minimum absolute atomic E-state index is 0.0679. The van der Waals surface area contributed by atoms with Gasteiger partial charge in [0.2, 0.25) is 5.69 Å². The van der Waals surface area contributed by atoms with Crippen LogP contribution in [-0.2, 0) is 11.8 Å². The molecule has 1 aromatic heterocycles. The Bertz CT molecular complexity index is 1840. The first kappa shape index (κ1) is 27.4. The molecule has 0 amide bonds. The van der Waals surface area contributed by atoms with Crippen molar-refractivity contribution in [2.24, 2.45) is 29.8 Å². The molecule has 0 bridgehead atoms. The van der Waals surface area contributed by atoms with Crippen LogP contribution in [0.15, 0.2) is 111 Å². The molecule has 0 saturated heterocycles. The van der Waals surface area contributed by atoms with Gasteiger partial charge in [-0.05, 0) is 60.5 Å². The highest BCUT2D eigenvalue weighted by Crippen LogP contribution is 2.54. The molecule has 6 unspecified atom stereocenters. The Morgan fingerprint density at radius 2 is 1.98 bits per heavy atom. The molecule has 3 heterocycles. The molecule has 0 aromatic carbocycles. The number of allylic oxidation sites excluding steroid dienone is 11. The van der Waals surface area contributed by atoms with Gasteiger partial charge in [0.15, 0.2) is 6.20 Å². The van der Waals surface area contributed by atoms with Crippen LogP contribution >= 0.6 is 0 Å². The van der Waals surface area contributed by atoms with Crippen molar-refractivity contribution in [3.63, 3.8) is 0 Å². The van der Waals surface area contributed by atoms with E-state index >= 15 is 0 Å². The predicted octanol–water partition coefficient (Wildman–Crippen LogP) is 8.22. The molecule has 44 heavy (non-hydrogen) atoms. The van der Waals surface area contributed by atoms with Crippen molar-refractivity contribution >= 4 is 17.4 Å². The van der Waals surface area contributed by atoms with Gasteiger partial charge in [-0.2, -0.15) is 0 Å². The summed E-state index contributed by atoms with van der Waals surface area (Å²) >= 11 is 0. The second-order valence-corrected chi connectivity index (χ2v) is 13.3. The van der Waals surface area contributed by atoms with E-state index in [1.54, 1.807) is 0 Å². The third-order valence-corrected chi connectivity index (χ3v) is 10.8. The Balaban J connectivity index is 1.33. The van der Waals surface area contributed by atoms with Crippen molar-refractivity contribution < 1.29 is 9.30 Å². The van der Waals surface area contributed by atoms with Gasteiger partial charge < -0.3 is 4.74 Å². The fraction of sp³-hybridized carbons (Fsp3) is 0.366. The van der Waals surface area contributed by atoms with Crippen molar-refractivity contribution in [2.75, 3.05) is 0 Å². The first-order valence-electron chi connectivity index (χ1n) is 16.6. The summed E-state index contributed by atoms with van der Waals surface area (Å²) in [6, 6.07) is 2.66. The van der Waals surface area contributed by atoms with Crippen LogP contribution in [0.1, 0.15) is 75.6 Å². The molecule has 0 radical (unpaired) electrons. The number of hydrogen-bond acceptors (Lipinski definition) is 2. The summed E-state index contributed by atoms with van der Waals surface area (Å²) in [5.74, 6) is 5.17. The van der Waals surface area contributed by atoms with E-state index in [1.165, 1.54) is 56.0 Å². The lowest BCUT2D eigenvalue weighted by molar-refractivity contribution is -0.674. The van der Waals surface area contributed by atoms with Crippen LogP contribution < -0.4 is 4.57 Å². The Kier molecular flexibility index (Phi) is 6.53. The van der Waals surface area contributed by atoms with Crippen LogP contribution in [0.25, 0.3) is 11.6 Å². The Hall–Kier alpha value is -4.16. The molecule has 3 heteroatoms. The van der Waals surface area contributed by atoms with Crippen LogP contribution in [0, 0.1) is 30.1 Å². The number of aliphatic imine (C=N–C) groups is 1. The SMILES string of the molecule is C#CC1=C(CCC)OC2C(c3cc4c(c[n+]3C)C=CC3C=CC=CC43)=C(C3=CC4N=C(CC)C5=C(C=CCC5)C34)C=C(C)C12. The topological polar surface area (TPSA) is 25.5 Å². The molecule has 1 aromatic rings. The molecule has 8 rings (SSSR count). The Labute approximate surface area is 262 Å². The summed E-state index contributed by atoms with van der Waals surface area (Å²) in [4.78, 5) is 5.28. The number of terminal acetylenes is 1. The van der Waals surface area contributed by atoms with Crippen molar-refractivity contribution in [3.05, 3.63) is 123 Å². The van der Waals surface area contributed by atoms with E-state index in [1.807, 2.05) is 0 Å². The third kappa shape index (κ3) is 3.96. The van der Waals surface area contributed by atoms with Crippen LogP contribution in [0.4, 0.5) is 0 Å². The molecule has 5 aliphatic carbocycles. The van der Waals surface area contributed by atoms with Gasteiger partial charge in [-0.3, -0.25) is 4.99 Å². The molecule has 6 atom stereocenters. The van der Waals surface area contributed by atoms with Gasteiger partial charge in [0, 0.05) is 41.5 Å². The summed E-state index contributed by atoms with van der Waals surface area (Å²) in [6.45, 7) is 6.70. The van der Waals surface area contributed by atoms with Crippen molar-refractivity contribution in [1.29, 1.82) is 0 Å². The second kappa shape index (κ2) is 10.5. The van der Waals surface area contributed by atoms with Crippen LogP contribution in [0.3, 0.4) is 0 Å². The van der Waals surface area contributed by atoms with Crippen molar-refractivity contribution in [2.45, 2.75) is 70.9 Å². The highest BCUT2D eigenvalue weighted by molar-refractivity contribution is 6.03. The number of ether oxygens (including phenoxy) is 1. The maximum absolute atomic E-state index is 6.98. The number of nitrogens with zero attached hydrogens (tertiary/aromatic N) is 2. The second-order valence-electron chi connectivity index (χ2n) is 13.3. The number of aromatic nitrogens is 1. The minimum Gasteiger partial charge on any atom is -0.488 e. The number of dihydropyridines is 1. The zero-order valence-corrected chi connectivity index (χ0v) is 26.3. The first-order chi connectivity index (χ1) is 21.5.